The van der Waals surface area contributed by atoms with Gasteiger partial charge in [0.1, 0.15) is 10.7 Å². The van der Waals surface area contributed by atoms with Crippen LogP contribution in [0.5, 0.6) is 0 Å². The summed E-state index contributed by atoms with van der Waals surface area (Å²) in [6.45, 7) is 0. The van der Waals surface area contributed by atoms with E-state index >= 15 is 0 Å². The number of thiazole rings is 1. The molecule has 0 spiro atoms. The monoisotopic (exact) mass is 371 g/mol. The lowest BCUT2D eigenvalue weighted by atomic mass is 10.1. The summed E-state index contributed by atoms with van der Waals surface area (Å²) in [6.07, 6.45) is 0. The van der Waals surface area contributed by atoms with E-state index in [0.29, 0.717) is 22.0 Å². The average Bonchev–Trinajstić information content (AvgIpc) is 3.12. The van der Waals surface area contributed by atoms with Crippen molar-refractivity contribution in [3.63, 3.8) is 0 Å². The lowest BCUT2D eigenvalue weighted by Crippen LogP contribution is -2.21. The molecule has 1 heterocycles. The van der Waals surface area contributed by atoms with Crippen molar-refractivity contribution in [1.29, 1.82) is 0 Å². The van der Waals surface area contributed by atoms with E-state index in [9.17, 15) is 9.59 Å². The zero-order valence-corrected chi connectivity index (χ0v) is 14.8. The number of aromatic nitrogens is 1. The Bertz CT molecular complexity index is 922. The third-order valence-electron chi connectivity index (χ3n) is 3.47. The van der Waals surface area contributed by atoms with Crippen LogP contribution in [-0.2, 0) is 0 Å². The molecular weight excluding hydrogens is 358 g/mol. The molecule has 0 atom stereocenters. The van der Waals surface area contributed by atoms with Crippen LogP contribution < -0.4 is 10.6 Å². The first kappa shape index (κ1) is 17.1. The number of amides is 2. The third-order valence-corrected chi connectivity index (χ3v) is 4.62. The number of halogens is 1. The Kier molecular flexibility index (Phi) is 5.11. The van der Waals surface area contributed by atoms with Gasteiger partial charge in [-0.2, -0.15) is 0 Å². The largest absolute Gasteiger partial charge is 0.355 e. The number of hydrogen-bond acceptors (Lipinski definition) is 4. The van der Waals surface area contributed by atoms with Crippen LogP contribution in [0.4, 0.5) is 5.69 Å². The quantitative estimate of drug-likeness (QED) is 0.726. The van der Waals surface area contributed by atoms with Crippen LogP contribution in [-0.4, -0.2) is 23.8 Å². The number of nitrogens with one attached hydrogen (secondary N) is 2. The molecule has 7 heteroatoms. The first-order valence-corrected chi connectivity index (χ1v) is 8.68. The number of carbonyl (C=O) groups is 2. The van der Waals surface area contributed by atoms with Crippen molar-refractivity contribution in [2.24, 2.45) is 0 Å². The van der Waals surface area contributed by atoms with Crippen LogP contribution in [0.3, 0.4) is 0 Å². The Hall–Kier alpha value is -2.70. The van der Waals surface area contributed by atoms with E-state index in [2.05, 4.69) is 15.6 Å². The van der Waals surface area contributed by atoms with Crippen molar-refractivity contribution in [3.8, 4) is 10.6 Å². The summed E-state index contributed by atoms with van der Waals surface area (Å²) in [5, 5.41) is 8.34. The minimum Gasteiger partial charge on any atom is -0.355 e. The molecular formula is C18H14ClN3O2S. The van der Waals surface area contributed by atoms with Gasteiger partial charge in [-0.1, -0.05) is 35.9 Å². The normalized spacial score (nSPS) is 10.3. The van der Waals surface area contributed by atoms with E-state index < -0.39 is 0 Å². The van der Waals surface area contributed by atoms with E-state index in [1.807, 2.05) is 12.1 Å². The van der Waals surface area contributed by atoms with Gasteiger partial charge in [0, 0.05) is 23.0 Å². The van der Waals surface area contributed by atoms with Crippen molar-refractivity contribution < 1.29 is 9.59 Å². The van der Waals surface area contributed by atoms with Crippen LogP contribution in [0.15, 0.2) is 53.9 Å². The molecule has 0 aliphatic rings. The van der Waals surface area contributed by atoms with Gasteiger partial charge in [-0.15, -0.1) is 11.3 Å². The molecule has 0 fully saturated rings. The predicted molar refractivity (Wildman–Crippen MR) is 100 cm³/mol. The van der Waals surface area contributed by atoms with Crippen molar-refractivity contribution in [2.75, 3.05) is 12.4 Å². The highest BCUT2D eigenvalue weighted by atomic mass is 35.5. The maximum absolute atomic E-state index is 12.5. The van der Waals surface area contributed by atoms with E-state index in [0.717, 1.165) is 10.6 Å². The van der Waals surface area contributed by atoms with Crippen molar-refractivity contribution in [3.05, 3.63) is 70.2 Å². The Labute approximate surface area is 153 Å². The molecule has 5 nitrogen and oxygen atoms in total. The van der Waals surface area contributed by atoms with Crippen LogP contribution in [0, 0.1) is 0 Å². The number of carbonyl (C=O) groups excluding carboxylic acids is 2. The van der Waals surface area contributed by atoms with Gasteiger partial charge >= 0.3 is 0 Å². The lowest BCUT2D eigenvalue weighted by molar-refractivity contribution is 0.0964. The molecule has 126 valence electrons. The highest BCUT2D eigenvalue weighted by molar-refractivity contribution is 7.13. The summed E-state index contributed by atoms with van der Waals surface area (Å²) in [7, 11) is 1.54. The van der Waals surface area contributed by atoms with E-state index in [1.54, 1.807) is 48.8 Å². The molecule has 0 saturated heterocycles. The molecule has 0 bridgehead atoms. The number of benzene rings is 2. The highest BCUT2D eigenvalue weighted by Crippen LogP contribution is 2.25. The molecule has 3 rings (SSSR count). The zero-order valence-electron chi connectivity index (χ0n) is 13.2. The average molecular weight is 372 g/mol. The number of hydrogen-bond donors (Lipinski definition) is 2. The van der Waals surface area contributed by atoms with Gasteiger partial charge in [-0.3, -0.25) is 9.59 Å². The highest BCUT2D eigenvalue weighted by Gasteiger charge is 2.15. The first-order chi connectivity index (χ1) is 12.1. The molecule has 0 unspecified atom stereocenters. The summed E-state index contributed by atoms with van der Waals surface area (Å²) >= 11 is 7.25. The topological polar surface area (TPSA) is 71.1 Å². The number of nitrogens with zero attached hydrogens (tertiary/aromatic N) is 1. The summed E-state index contributed by atoms with van der Waals surface area (Å²) < 4.78 is 0. The smallest absolute Gasteiger partial charge is 0.275 e. The van der Waals surface area contributed by atoms with Crippen molar-refractivity contribution >= 4 is 40.4 Å². The fraction of sp³-hybridized carbons (Fsp3) is 0.0556. The fourth-order valence-electron chi connectivity index (χ4n) is 2.21. The third kappa shape index (κ3) is 3.87. The van der Waals surface area contributed by atoms with Gasteiger partial charge < -0.3 is 10.6 Å². The lowest BCUT2D eigenvalue weighted by Gasteiger charge is -2.08. The fourth-order valence-corrected chi connectivity index (χ4v) is 3.15. The van der Waals surface area contributed by atoms with Gasteiger partial charge in [-0.05, 0) is 24.3 Å². The maximum atomic E-state index is 12.5. The standard InChI is InChI=1S/C18H14ClN3O2S/c1-20-16(23)13-4-2-3-5-14(13)21-17(24)15-10-25-18(22-15)11-6-8-12(19)9-7-11/h2-10H,1H3,(H,20,23)(H,21,24). The van der Waals surface area contributed by atoms with Gasteiger partial charge in [0.25, 0.3) is 11.8 Å². The number of anilines is 1. The van der Waals surface area contributed by atoms with E-state index in [4.69, 9.17) is 11.6 Å². The molecule has 25 heavy (non-hydrogen) atoms. The predicted octanol–water partition coefficient (Wildman–Crippen LogP) is 4.08. The van der Waals surface area contributed by atoms with Gasteiger partial charge in [-0.25, -0.2) is 4.98 Å². The van der Waals surface area contributed by atoms with Crippen LogP contribution in [0.1, 0.15) is 20.8 Å². The van der Waals surface area contributed by atoms with Crippen LogP contribution in [0.25, 0.3) is 10.6 Å². The number of para-hydroxylation sites is 1. The van der Waals surface area contributed by atoms with Crippen LogP contribution >= 0.6 is 22.9 Å². The van der Waals surface area contributed by atoms with Gasteiger partial charge in [0.2, 0.25) is 0 Å². The Morgan fingerprint density at radius 3 is 2.48 bits per heavy atom. The molecule has 0 radical (unpaired) electrons. The molecule has 1 aromatic heterocycles. The van der Waals surface area contributed by atoms with Gasteiger partial charge in [0.15, 0.2) is 0 Å². The summed E-state index contributed by atoms with van der Waals surface area (Å²) in [6, 6.07) is 14.1. The molecule has 2 amide bonds. The second-order valence-electron chi connectivity index (χ2n) is 5.12. The number of rotatable bonds is 4. The molecule has 2 N–H and O–H groups in total. The zero-order chi connectivity index (χ0) is 17.8. The molecule has 3 aromatic rings. The molecule has 0 aliphatic carbocycles. The second-order valence-corrected chi connectivity index (χ2v) is 6.42. The Morgan fingerprint density at radius 1 is 1.04 bits per heavy atom. The molecule has 0 aliphatic heterocycles. The van der Waals surface area contributed by atoms with Crippen molar-refractivity contribution in [2.45, 2.75) is 0 Å². The summed E-state index contributed by atoms with van der Waals surface area (Å²) in [5.74, 6) is -0.635. The molecule has 2 aromatic carbocycles. The second kappa shape index (κ2) is 7.46. The SMILES string of the molecule is CNC(=O)c1ccccc1NC(=O)c1csc(-c2ccc(Cl)cc2)n1. The summed E-state index contributed by atoms with van der Waals surface area (Å²) in [5.41, 5.74) is 2.01. The Morgan fingerprint density at radius 2 is 1.76 bits per heavy atom. The van der Waals surface area contributed by atoms with Crippen LogP contribution in [0.2, 0.25) is 5.02 Å². The van der Waals surface area contributed by atoms with Crippen molar-refractivity contribution in [1.82, 2.24) is 10.3 Å². The van der Waals surface area contributed by atoms with E-state index in [1.165, 1.54) is 11.3 Å². The van der Waals surface area contributed by atoms with Gasteiger partial charge in [0.05, 0.1) is 11.3 Å². The Balaban J connectivity index is 1.81. The minimum absolute atomic E-state index is 0.268. The first-order valence-electron chi connectivity index (χ1n) is 7.42. The maximum Gasteiger partial charge on any atom is 0.275 e. The minimum atomic E-state index is -0.368. The molecule has 0 saturated carbocycles. The van der Waals surface area contributed by atoms with E-state index in [-0.39, 0.29) is 11.8 Å². The summed E-state index contributed by atoms with van der Waals surface area (Å²) in [4.78, 5) is 28.7.